The van der Waals surface area contributed by atoms with E-state index in [4.69, 9.17) is 21.1 Å². The fourth-order valence-electron chi connectivity index (χ4n) is 1.41. The first kappa shape index (κ1) is 9.11. The summed E-state index contributed by atoms with van der Waals surface area (Å²) in [6.07, 6.45) is 0. The van der Waals surface area contributed by atoms with Crippen LogP contribution in [0.1, 0.15) is 0 Å². The Kier molecular flexibility index (Phi) is 1.78. The van der Waals surface area contributed by atoms with Gasteiger partial charge in [-0.05, 0) is 0 Å². The van der Waals surface area contributed by atoms with Crippen molar-refractivity contribution in [3.8, 4) is 11.5 Å². The van der Waals surface area contributed by atoms with Crippen LogP contribution >= 0.6 is 22.9 Å². The van der Waals surface area contributed by atoms with Gasteiger partial charge in [0.25, 0.3) is 0 Å². The normalized spacial score (nSPS) is 13.8. The lowest BCUT2D eigenvalue weighted by atomic mass is 10.2. The molecule has 0 amide bonds. The SMILES string of the molecule is Fc1c(F)c2c3sc(Cl)nc3c1OCO2. The molecule has 3 heterocycles. The number of thiazole rings is 1. The number of aromatic nitrogens is 1. The molecule has 3 nitrogen and oxygen atoms in total. The molecule has 0 atom stereocenters. The summed E-state index contributed by atoms with van der Waals surface area (Å²) in [5, 5.41) is 0. The molecule has 78 valence electrons. The first-order valence-corrected chi connectivity index (χ1v) is 5.10. The maximum absolute atomic E-state index is 13.4. The Morgan fingerprint density at radius 3 is 2.67 bits per heavy atom. The summed E-state index contributed by atoms with van der Waals surface area (Å²) in [5.74, 6) is -2.58. The van der Waals surface area contributed by atoms with Crippen molar-refractivity contribution in [3.63, 3.8) is 0 Å². The minimum Gasteiger partial charge on any atom is -0.453 e. The number of nitrogens with zero attached hydrogens (tertiary/aromatic N) is 1. The second-order valence-corrected chi connectivity index (χ2v) is 4.42. The van der Waals surface area contributed by atoms with E-state index >= 15 is 0 Å². The standard InChI is InChI=1S/C8H2ClF2NO2S/c9-8-12-4-5-2(10)3(11)6(7(4)15-8)14-1-13-5/h1H2. The van der Waals surface area contributed by atoms with Crippen LogP contribution in [0.5, 0.6) is 11.5 Å². The third kappa shape index (κ3) is 1.12. The Morgan fingerprint density at radius 1 is 1.20 bits per heavy atom. The first-order valence-electron chi connectivity index (χ1n) is 3.91. The quantitative estimate of drug-likeness (QED) is 0.719. The van der Waals surface area contributed by atoms with Gasteiger partial charge in [0.2, 0.25) is 18.4 Å². The molecule has 0 unspecified atom stereocenters. The lowest BCUT2D eigenvalue weighted by molar-refractivity contribution is 0.125. The highest BCUT2D eigenvalue weighted by Gasteiger charge is 2.28. The van der Waals surface area contributed by atoms with Gasteiger partial charge in [0.05, 0.1) is 0 Å². The molecule has 15 heavy (non-hydrogen) atoms. The van der Waals surface area contributed by atoms with Gasteiger partial charge in [0.15, 0.2) is 16.0 Å². The van der Waals surface area contributed by atoms with Crippen LogP contribution in [-0.2, 0) is 0 Å². The largest absolute Gasteiger partial charge is 0.453 e. The fraction of sp³-hybridized carbons (Fsp3) is 0.125. The molecule has 0 fully saturated rings. The van der Waals surface area contributed by atoms with Crippen molar-refractivity contribution < 1.29 is 18.3 Å². The van der Waals surface area contributed by atoms with Gasteiger partial charge in [0.1, 0.15) is 10.2 Å². The molecule has 2 aliphatic rings. The molecule has 0 saturated heterocycles. The van der Waals surface area contributed by atoms with Gasteiger partial charge in [-0.3, -0.25) is 0 Å². The number of benzene rings is 1. The first-order chi connectivity index (χ1) is 7.18. The van der Waals surface area contributed by atoms with Crippen LogP contribution in [0.25, 0.3) is 10.2 Å². The van der Waals surface area contributed by atoms with Crippen LogP contribution in [-0.4, -0.2) is 11.8 Å². The number of fused-ring (bicyclic) bond motifs is 3. The highest BCUT2D eigenvalue weighted by atomic mass is 35.5. The van der Waals surface area contributed by atoms with Gasteiger partial charge in [0, 0.05) is 0 Å². The topological polar surface area (TPSA) is 31.4 Å². The van der Waals surface area contributed by atoms with Gasteiger partial charge in [-0.15, -0.1) is 0 Å². The van der Waals surface area contributed by atoms with Crippen molar-refractivity contribution in [2.45, 2.75) is 0 Å². The third-order valence-corrected chi connectivity index (χ3v) is 3.18. The summed E-state index contributed by atoms with van der Waals surface area (Å²) in [7, 11) is 0. The number of hydrogen-bond donors (Lipinski definition) is 0. The smallest absolute Gasteiger partial charge is 0.231 e. The molecule has 2 aromatic rings. The number of ether oxygens (including phenoxy) is 2. The maximum Gasteiger partial charge on any atom is 0.231 e. The molecule has 0 saturated carbocycles. The van der Waals surface area contributed by atoms with Gasteiger partial charge in [-0.1, -0.05) is 22.9 Å². The zero-order chi connectivity index (χ0) is 10.6. The zero-order valence-electron chi connectivity index (χ0n) is 7.01. The van der Waals surface area contributed by atoms with E-state index in [0.29, 0.717) is 4.70 Å². The van der Waals surface area contributed by atoms with Crippen LogP contribution in [0.3, 0.4) is 0 Å². The molecule has 1 aromatic heterocycles. The Hall–Kier alpha value is -1.14. The van der Waals surface area contributed by atoms with E-state index in [1.54, 1.807) is 0 Å². The monoisotopic (exact) mass is 249 g/mol. The summed E-state index contributed by atoms with van der Waals surface area (Å²) in [6, 6.07) is 0. The molecule has 0 spiro atoms. The minimum absolute atomic E-state index is 0.187. The van der Waals surface area contributed by atoms with Crippen LogP contribution < -0.4 is 9.47 Å². The second kappa shape index (κ2) is 2.93. The molecular weight excluding hydrogens is 248 g/mol. The summed E-state index contributed by atoms with van der Waals surface area (Å²) >= 11 is 6.69. The number of rotatable bonds is 0. The van der Waals surface area contributed by atoms with Gasteiger partial charge >= 0.3 is 0 Å². The van der Waals surface area contributed by atoms with Gasteiger partial charge in [-0.2, -0.15) is 8.78 Å². The van der Waals surface area contributed by atoms with Gasteiger partial charge in [-0.25, -0.2) is 4.98 Å². The van der Waals surface area contributed by atoms with Gasteiger partial charge < -0.3 is 9.47 Å². The van der Waals surface area contributed by atoms with E-state index in [1.165, 1.54) is 0 Å². The lowest BCUT2D eigenvalue weighted by Gasteiger charge is -1.99. The van der Waals surface area contributed by atoms with Crippen LogP contribution in [0.2, 0.25) is 4.47 Å². The molecule has 0 N–H and O–H groups in total. The van der Waals surface area contributed by atoms with Crippen molar-refractivity contribution in [2.24, 2.45) is 0 Å². The minimum atomic E-state index is -1.09. The van der Waals surface area contributed by atoms with E-state index in [2.05, 4.69) is 4.98 Å². The Labute approximate surface area is 91.2 Å². The molecule has 0 aliphatic carbocycles. The van der Waals surface area contributed by atoms with E-state index in [1.807, 2.05) is 0 Å². The number of hydrogen-bond acceptors (Lipinski definition) is 4. The molecule has 2 aliphatic heterocycles. The molecule has 0 radical (unpaired) electrons. The van der Waals surface area contributed by atoms with E-state index in [0.717, 1.165) is 11.3 Å². The molecule has 1 aromatic carbocycles. The summed E-state index contributed by atoms with van der Waals surface area (Å²) in [6.45, 7) is -0.230. The van der Waals surface area contributed by atoms with E-state index in [9.17, 15) is 8.78 Å². The van der Waals surface area contributed by atoms with Crippen molar-refractivity contribution in [2.75, 3.05) is 6.79 Å². The third-order valence-electron chi connectivity index (χ3n) is 2.02. The van der Waals surface area contributed by atoms with Crippen LogP contribution in [0.4, 0.5) is 8.78 Å². The van der Waals surface area contributed by atoms with Crippen LogP contribution in [0.15, 0.2) is 0 Å². The fourth-order valence-corrected chi connectivity index (χ4v) is 2.51. The Bertz CT molecular complexity index is 525. The van der Waals surface area contributed by atoms with Crippen molar-refractivity contribution in [1.82, 2.24) is 4.98 Å². The summed E-state index contributed by atoms with van der Waals surface area (Å²) < 4.78 is 37.2. The number of halogens is 3. The predicted molar refractivity (Wildman–Crippen MR) is 50.7 cm³/mol. The summed E-state index contributed by atoms with van der Waals surface area (Å²) in [5.41, 5.74) is 0.205. The maximum atomic E-state index is 13.4. The van der Waals surface area contributed by atoms with Crippen LogP contribution in [0, 0.1) is 11.6 Å². The van der Waals surface area contributed by atoms with E-state index < -0.39 is 11.6 Å². The molecular formula is C8H2ClF2NO2S. The Morgan fingerprint density at radius 2 is 1.87 bits per heavy atom. The second-order valence-electron chi connectivity index (χ2n) is 2.84. The van der Waals surface area contributed by atoms with E-state index in [-0.39, 0.29) is 28.3 Å². The Balaban J connectivity index is 2.55. The summed E-state index contributed by atoms with van der Waals surface area (Å²) in [4.78, 5) is 3.86. The van der Waals surface area contributed by atoms with Crippen molar-refractivity contribution in [3.05, 3.63) is 16.1 Å². The average Bonchev–Trinajstić information content (AvgIpc) is 2.42. The predicted octanol–water partition coefficient (Wildman–Crippen LogP) is 2.96. The molecule has 7 heteroatoms. The highest BCUT2D eigenvalue weighted by molar-refractivity contribution is 7.22. The molecule has 2 bridgehead atoms. The highest BCUT2D eigenvalue weighted by Crippen LogP contribution is 2.44. The van der Waals surface area contributed by atoms with Crippen molar-refractivity contribution >= 4 is 33.2 Å². The lowest BCUT2D eigenvalue weighted by Crippen LogP contribution is -2.01. The van der Waals surface area contributed by atoms with Crippen molar-refractivity contribution in [1.29, 1.82) is 0 Å². The average molecular weight is 250 g/mol. The zero-order valence-corrected chi connectivity index (χ0v) is 8.59. The molecule has 4 rings (SSSR count).